The average molecular weight is 259 g/mol. The van der Waals surface area contributed by atoms with Gasteiger partial charge in [0.2, 0.25) is 0 Å². The summed E-state index contributed by atoms with van der Waals surface area (Å²) >= 11 is 0. The Kier molecular flexibility index (Phi) is 3.15. The van der Waals surface area contributed by atoms with Crippen LogP contribution in [-0.2, 0) is 6.42 Å². The molecule has 0 amide bonds. The van der Waals surface area contributed by atoms with E-state index in [0.717, 1.165) is 30.5 Å². The first-order valence-corrected chi connectivity index (χ1v) is 6.80. The van der Waals surface area contributed by atoms with Gasteiger partial charge < -0.3 is 9.67 Å². The molecule has 2 unspecified atom stereocenters. The normalized spacial score (nSPS) is 20.1. The summed E-state index contributed by atoms with van der Waals surface area (Å²) in [6.07, 6.45) is 4.37. The number of hydrogen-bond donors (Lipinski definition) is 1. The summed E-state index contributed by atoms with van der Waals surface area (Å²) < 4.78 is 16.0. The van der Waals surface area contributed by atoms with Gasteiger partial charge >= 0.3 is 0 Å². The number of aliphatic hydroxyl groups excluding tert-OH is 1. The van der Waals surface area contributed by atoms with Crippen LogP contribution in [0, 0.1) is 5.82 Å². The van der Waals surface area contributed by atoms with E-state index in [1.807, 2.05) is 31.3 Å². The zero-order chi connectivity index (χ0) is 13.4. The van der Waals surface area contributed by atoms with Crippen LogP contribution >= 0.6 is 0 Å². The monoisotopic (exact) mass is 259 g/mol. The quantitative estimate of drug-likeness (QED) is 0.875. The number of aliphatic hydroxyl groups is 1. The van der Waals surface area contributed by atoms with E-state index in [2.05, 4.69) is 4.57 Å². The third-order valence-electron chi connectivity index (χ3n) is 4.08. The molecule has 1 aliphatic carbocycles. The van der Waals surface area contributed by atoms with Gasteiger partial charge in [-0.2, -0.15) is 0 Å². The van der Waals surface area contributed by atoms with Crippen LogP contribution in [-0.4, -0.2) is 9.67 Å². The predicted octanol–water partition coefficient (Wildman–Crippen LogP) is 3.61. The standard InChI is InChI=1S/C16H18FNO/c1-11(12-5-2-3-6-14(12)17)18-10-9-13-15(18)7-4-8-16(13)19/h2-3,5-6,9-11,16,19H,4,7-8H2,1H3. The first-order chi connectivity index (χ1) is 9.18. The smallest absolute Gasteiger partial charge is 0.128 e. The Labute approximate surface area is 112 Å². The van der Waals surface area contributed by atoms with Crippen molar-refractivity contribution in [1.82, 2.24) is 4.57 Å². The third kappa shape index (κ3) is 2.08. The molecule has 0 saturated heterocycles. The molecule has 1 N–H and O–H groups in total. The molecular weight excluding hydrogens is 241 g/mol. The van der Waals surface area contributed by atoms with Gasteiger partial charge in [-0.25, -0.2) is 4.39 Å². The highest BCUT2D eigenvalue weighted by molar-refractivity contribution is 5.31. The summed E-state index contributed by atoms with van der Waals surface area (Å²) in [7, 11) is 0. The first-order valence-electron chi connectivity index (χ1n) is 6.80. The van der Waals surface area contributed by atoms with E-state index < -0.39 is 0 Å². The molecule has 100 valence electrons. The van der Waals surface area contributed by atoms with E-state index in [1.165, 1.54) is 6.07 Å². The Morgan fingerprint density at radius 2 is 2.11 bits per heavy atom. The van der Waals surface area contributed by atoms with Crippen molar-refractivity contribution in [3.8, 4) is 0 Å². The molecule has 3 heteroatoms. The fourth-order valence-corrected chi connectivity index (χ4v) is 3.02. The van der Waals surface area contributed by atoms with E-state index in [-0.39, 0.29) is 18.0 Å². The number of hydrogen-bond acceptors (Lipinski definition) is 1. The SMILES string of the molecule is CC(c1ccccc1F)n1ccc2c1CCCC2O. The zero-order valence-electron chi connectivity index (χ0n) is 11.0. The Morgan fingerprint density at radius 1 is 1.32 bits per heavy atom. The van der Waals surface area contributed by atoms with Gasteiger partial charge in [0.1, 0.15) is 5.82 Å². The van der Waals surface area contributed by atoms with Crippen molar-refractivity contribution in [2.45, 2.75) is 38.3 Å². The summed E-state index contributed by atoms with van der Waals surface area (Å²) in [5.74, 6) is -0.172. The number of aromatic nitrogens is 1. The van der Waals surface area contributed by atoms with Crippen molar-refractivity contribution in [2.24, 2.45) is 0 Å². The van der Waals surface area contributed by atoms with Crippen LogP contribution in [0.15, 0.2) is 36.5 Å². The van der Waals surface area contributed by atoms with Gasteiger partial charge in [-0.1, -0.05) is 18.2 Å². The molecule has 0 aliphatic heterocycles. The van der Waals surface area contributed by atoms with Gasteiger partial charge in [0, 0.05) is 23.0 Å². The van der Waals surface area contributed by atoms with Crippen LogP contribution < -0.4 is 0 Å². The summed E-state index contributed by atoms with van der Waals surface area (Å²) in [5.41, 5.74) is 2.85. The van der Waals surface area contributed by atoms with E-state index >= 15 is 0 Å². The molecule has 0 fully saturated rings. The number of benzene rings is 1. The van der Waals surface area contributed by atoms with Crippen molar-refractivity contribution in [3.63, 3.8) is 0 Å². The summed E-state index contributed by atoms with van der Waals surface area (Å²) in [4.78, 5) is 0. The van der Waals surface area contributed by atoms with Crippen molar-refractivity contribution in [3.05, 3.63) is 59.2 Å². The maximum Gasteiger partial charge on any atom is 0.128 e. The zero-order valence-corrected chi connectivity index (χ0v) is 11.0. The molecule has 1 aliphatic rings. The second-order valence-electron chi connectivity index (χ2n) is 5.23. The molecule has 3 rings (SSSR count). The molecule has 2 atom stereocenters. The van der Waals surface area contributed by atoms with Gasteiger partial charge in [-0.3, -0.25) is 0 Å². The average Bonchev–Trinajstić information content (AvgIpc) is 2.84. The van der Waals surface area contributed by atoms with Crippen LogP contribution in [0.25, 0.3) is 0 Å². The topological polar surface area (TPSA) is 25.2 Å². The molecular formula is C16H18FNO. The van der Waals surface area contributed by atoms with Gasteiger partial charge in [-0.15, -0.1) is 0 Å². The molecule has 2 aromatic rings. The molecule has 1 aromatic heterocycles. The number of halogens is 1. The summed E-state index contributed by atoms with van der Waals surface area (Å²) in [6, 6.07) is 8.81. The molecule has 0 bridgehead atoms. The Morgan fingerprint density at radius 3 is 2.89 bits per heavy atom. The molecule has 2 nitrogen and oxygen atoms in total. The van der Waals surface area contributed by atoms with E-state index in [1.54, 1.807) is 6.07 Å². The number of fused-ring (bicyclic) bond motifs is 1. The fraction of sp³-hybridized carbons (Fsp3) is 0.375. The minimum atomic E-state index is -0.363. The fourth-order valence-electron chi connectivity index (χ4n) is 3.02. The van der Waals surface area contributed by atoms with Crippen LogP contribution in [0.4, 0.5) is 4.39 Å². The minimum Gasteiger partial charge on any atom is -0.388 e. The molecule has 1 aromatic carbocycles. The lowest BCUT2D eigenvalue weighted by Gasteiger charge is -2.23. The maximum absolute atomic E-state index is 13.9. The van der Waals surface area contributed by atoms with E-state index in [0.29, 0.717) is 5.56 Å². The summed E-state index contributed by atoms with van der Waals surface area (Å²) in [5, 5.41) is 9.99. The second kappa shape index (κ2) is 4.82. The highest BCUT2D eigenvalue weighted by atomic mass is 19.1. The van der Waals surface area contributed by atoms with Gasteiger partial charge in [0.25, 0.3) is 0 Å². The minimum absolute atomic E-state index is 0.0461. The van der Waals surface area contributed by atoms with Crippen molar-refractivity contribution < 1.29 is 9.50 Å². The highest BCUT2D eigenvalue weighted by Gasteiger charge is 2.24. The van der Waals surface area contributed by atoms with Gasteiger partial charge in [0.05, 0.1) is 12.1 Å². The Hall–Kier alpha value is -1.61. The van der Waals surface area contributed by atoms with E-state index in [9.17, 15) is 9.50 Å². The number of nitrogens with zero attached hydrogens (tertiary/aromatic N) is 1. The van der Waals surface area contributed by atoms with Crippen LogP contribution in [0.1, 0.15) is 48.7 Å². The lowest BCUT2D eigenvalue weighted by molar-refractivity contribution is 0.155. The lowest BCUT2D eigenvalue weighted by Crippen LogP contribution is -2.15. The van der Waals surface area contributed by atoms with Crippen molar-refractivity contribution in [2.75, 3.05) is 0 Å². The predicted molar refractivity (Wildman–Crippen MR) is 72.5 cm³/mol. The Balaban J connectivity index is 2.01. The summed E-state index contributed by atoms with van der Waals surface area (Å²) in [6.45, 7) is 2.00. The first kappa shape index (κ1) is 12.4. The molecule has 0 radical (unpaired) electrons. The maximum atomic E-state index is 13.9. The van der Waals surface area contributed by atoms with Crippen LogP contribution in [0.2, 0.25) is 0 Å². The lowest BCUT2D eigenvalue weighted by atomic mass is 9.95. The van der Waals surface area contributed by atoms with E-state index in [4.69, 9.17) is 0 Å². The molecule has 19 heavy (non-hydrogen) atoms. The molecule has 0 spiro atoms. The van der Waals surface area contributed by atoms with Gasteiger partial charge in [-0.05, 0) is 38.3 Å². The molecule has 1 heterocycles. The van der Waals surface area contributed by atoms with Crippen molar-refractivity contribution in [1.29, 1.82) is 0 Å². The third-order valence-corrected chi connectivity index (χ3v) is 4.08. The largest absolute Gasteiger partial charge is 0.388 e. The Bertz CT molecular complexity index is 590. The second-order valence-corrected chi connectivity index (χ2v) is 5.23. The highest BCUT2D eigenvalue weighted by Crippen LogP contribution is 2.33. The van der Waals surface area contributed by atoms with Crippen molar-refractivity contribution >= 4 is 0 Å². The number of rotatable bonds is 2. The van der Waals surface area contributed by atoms with Crippen LogP contribution in [0.5, 0.6) is 0 Å². The molecule has 0 saturated carbocycles. The van der Waals surface area contributed by atoms with Gasteiger partial charge in [0.15, 0.2) is 0 Å². The van der Waals surface area contributed by atoms with Crippen LogP contribution in [0.3, 0.4) is 0 Å².